The number of nitrogens with zero attached hydrogens (tertiary/aromatic N) is 3. The van der Waals surface area contributed by atoms with Gasteiger partial charge in [0.15, 0.2) is 9.92 Å². The maximum atomic E-state index is 12.9. The lowest BCUT2D eigenvalue weighted by atomic mass is 9.83. The van der Waals surface area contributed by atoms with Crippen LogP contribution in [0.4, 0.5) is 10.5 Å². The molecular weight excluding hydrogens is 366 g/mol. The van der Waals surface area contributed by atoms with Crippen molar-refractivity contribution in [3.8, 4) is 5.88 Å². The summed E-state index contributed by atoms with van der Waals surface area (Å²) >= 11 is 0. The third-order valence-corrected chi connectivity index (χ3v) is 6.33. The van der Waals surface area contributed by atoms with Gasteiger partial charge in [-0.25, -0.2) is 18.8 Å². The Kier molecular flexibility index (Phi) is 4.43. The number of nitrogens with one attached hydrogen (secondary N) is 1. The molecule has 3 N–H and O–H groups in total. The fraction of sp³-hybridized carbons (Fsp3) is 0.444. The second-order valence-electron chi connectivity index (χ2n) is 7.15. The summed E-state index contributed by atoms with van der Waals surface area (Å²) < 4.78 is 23.8. The maximum Gasteiger partial charge on any atom is 0.354 e. The first-order chi connectivity index (χ1) is 12.9. The summed E-state index contributed by atoms with van der Waals surface area (Å²) in [5.41, 5.74) is 4.15. The fourth-order valence-electron chi connectivity index (χ4n) is 3.49. The first-order valence-corrected chi connectivity index (χ1v) is 10.6. The van der Waals surface area contributed by atoms with Gasteiger partial charge in [-0.3, -0.25) is 0 Å². The Morgan fingerprint density at radius 1 is 1.41 bits per heavy atom. The van der Waals surface area contributed by atoms with Crippen LogP contribution >= 0.6 is 0 Å². The third-order valence-electron chi connectivity index (χ3n) is 4.99. The van der Waals surface area contributed by atoms with Crippen molar-refractivity contribution in [3.63, 3.8) is 0 Å². The average Bonchev–Trinajstić information content (AvgIpc) is 3.00. The molecule has 2 aliphatic rings. The zero-order chi connectivity index (χ0) is 19.2. The van der Waals surface area contributed by atoms with Crippen molar-refractivity contribution >= 4 is 21.6 Å². The topological polar surface area (TPSA) is 112 Å². The number of hydrogen-bond acceptors (Lipinski definition) is 4. The highest BCUT2D eigenvalue weighted by molar-refractivity contribution is 7.91. The van der Waals surface area contributed by atoms with Crippen LogP contribution in [-0.4, -0.2) is 26.6 Å². The Balaban J connectivity index is 1.66. The van der Waals surface area contributed by atoms with Gasteiger partial charge >= 0.3 is 6.03 Å². The van der Waals surface area contributed by atoms with Crippen LogP contribution in [0.3, 0.4) is 0 Å². The van der Waals surface area contributed by atoms with Crippen molar-refractivity contribution < 1.29 is 13.7 Å². The molecule has 1 aliphatic carbocycles. The standard InChI is InChI=1S/C18H23N5O3S/c1-11(2)13-6-4-12-5-7-14(12)16(13)21-18(24)22-27(19,25)15-10-20-23-8-3-9-26-17(15)23/h4,6,10-11H,3,5,7-9H2,1-2H3,(H3,19,21,22,24,25)/t27-/m1/s1. The van der Waals surface area contributed by atoms with Gasteiger partial charge in [0.2, 0.25) is 5.88 Å². The summed E-state index contributed by atoms with van der Waals surface area (Å²) in [6.45, 7) is 5.28. The summed E-state index contributed by atoms with van der Waals surface area (Å²) in [6.07, 6.45) is 4.10. The van der Waals surface area contributed by atoms with E-state index < -0.39 is 15.9 Å². The number of hydrogen-bond donors (Lipinski definition) is 2. The average molecular weight is 389 g/mol. The minimum Gasteiger partial charge on any atom is -0.477 e. The summed E-state index contributed by atoms with van der Waals surface area (Å²) in [5, 5.41) is 12.9. The molecule has 2 amide bonds. The van der Waals surface area contributed by atoms with Crippen LogP contribution in [0.1, 0.15) is 42.9 Å². The first kappa shape index (κ1) is 18.0. The van der Waals surface area contributed by atoms with Gasteiger partial charge in [0.1, 0.15) is 4.90 Å². The summed E-state index contributed by atoms with van der Waals surface area (Å²) in [4.78, 5) is 12.7. The largest absolute Gasteiger partial charge is 0.477 e. The van der Waals surface area contributed by atoms with Gasteiger partial charge in [0.25, 0.3) is 0 Å². The maximum absolute atomic E-state index is 12.9. The molecule has 0 fully saturated rings. The molecule has 4 rings (SSSR count). The van der Waals surface area contributed by atoms with Crippen molar-refractivity contribution in [2.45, 2.75) is 50.5 Å². The summed E-state index contributed by atoms with van der Waals surface area (Å²) in [5.74, 6) is 0.571. The van der Waals surface area contributed by atoms with Gasteiger partial charge in [-0.15, -0.1) is 4.36 Å². The molecule has 27 heavy (non-hydrogen) atoms. The van der Waals surface area contributed by atoms with Crippen LogP contribution in [0, 0.1) is 0 Å². The first-order valence-electron chi connectivity index (χ1n) is 9.06. The number of fused-ring (bicyclic) bond motifs is 2. The highest BCUT2D eigenvalue weighted by Gasteiger charge is 2.25. The number of ether oxygens (including phenoxy) is 1. The van der Waals surface area contributed by atoms with Crippen molar-refractivity contribution in [2.24, 2.45) is 9.50 Å². The predicted molar refractivity (Wildman–Crippen MR) is 102 cm³/mol. The molecule has 9 heteroatoms. The number of benzene rings is 1. The van der Waals surface area contributed by atoms with E-state index in [0.29, 0.717) is 19.0 Å². The van der Waals surface area contributed by atoms with E-state index in [-0.39, 0.29) is 10.8 Å². The van der Waals surface area contributed by atoms with Gasteiger partial charge in [0.05, 0.1) is 12.8 Å². The summed E-state index contributed by atoms with van der Waals surface area (Å²) in [7, 11) is -3.46. The quantitative estimate of drug-likeness (QED) is 0.840. The SMILES string of the molecule is CC(C)c1ccc2c(c1NC(=O)N=[S@@](N)(=O)c1cnn3c1OCCC3)CC2. The van der Waals surface area contributed by atoms with Crippen LogP contribution < -0.4 is 15.2 Å². The number of aryl methyl sites for hydroxylation is 2. The van der Waals surface area contributed by atoms with E-state index in [4.69, 9.17) is 9.88 Å². The lowest BCUT2D eigenvalue weighted by molar-refractivity contribution is 0.224. The number of rotatable bonds is 3. The molecule has 144 valence electrons. The van der Waals surface area contributed by atoms with E-state index in [2.05, 4.69) is 34.7 Å². The molecule has 0 saturated carbocycles. The molecule has 8 nitrogen and oxygen atoms in total. The second kappa shape index (κ2) is 6.65. The molecule has 0 saturated heterocycles. The van der Waals surface area contributed by atoms with Gasteiger partial charge in [-0.1, -0.05) is 26.0 Å². The Bertz CT molecular complexity index is 1030. The monoisotopic (exact) mass is 389 g/mol. The number of aromatic nitrogens is 2. The molecule has 1 aromatic carbocycles. The molecule has 0 radical (unpaired) electrons. The Morgan fingerprint density at radius 3 is 2.93 bits per heavy atom. The van der Waals surface area contributed by atoms with E-state index in [1.54, 1.807) is 4.68 Å². The van der Waals surface area contributed by atoms with E-state index in [1.165, 1.54) is 11.8 Å². The second-order valence-corrected chi connectivity index (χ2v) is 8.91. The minimum absolute atomic E-state index is 0.155. The molecular formula is C18H23N5O3S. The van der Waals surface area contributed by atoms with E-state index in [0.717, 1.165) is 36.1 Å². The Hall–Kier alpha value is -2.39. The van der Waals surface area contributed by atoms with E-state index in [9.17, 15) is 9.00 Å². The lowest BCUT2D eigenvalue weighted by Crippen LogP contribution is -2.22. The highest BCUT2D eigenvalue weighted by atomic mass is 32.2. The number of carbonyl (C=O) groups is 1. The van der Waals surface area contributed by atoms with Crippen molar-refractivity contribution in [1.82, 2.24) is 9.78 Å². The van der Waals surface area contributed by atoms with Crippen molar-refractivity contribution in [3.05, 3.63) is 35.0 Å². The van der Waals surface area contributed by atoms with Crippen LogP contribution in [0.2, 0.25) is 0 Å². The van der Waals surface area contributed by atoms with Gasteiger partial charge in [-0.05, 0) is 35.4 Å². The molecule has 2 aromatic rings. The van der Waals surface area contributed by atoms with Crippen molar-refractivity contribution in [1.29, 1.82) is 0 Å². The van der Waals surface area contributed by atoms with Gasteiger partial charge in [-0.2, -0.15) is 5.10 Å². The zero-order valence-electron chi connectivity index (χ0n) is 15.4. The lowest BCUT2D eigenvalue weighted by Gasteiger charge is -2.26. The van der Waals surface area contributed by atoms with Crippen LogP contribution in [-0.2, 0) is 29.3 Å². The highest BCUT2D eigenvalue weighted by Crippen LogP contribution is 2.36. The smallest absolute Gasteiger partial charge is 0.354 e. The third kappa shape index (κ3) is 3.21. The van der Waals surface area contributed by atoms with Gasteiger partial charge in [0, 0.05) is 18.7 Å². The molecule has 0 spiro atoms. The Labute approximate surface area is 158 Å². The number of amides is 2. The van der Waals surface area contributed by atoms with Crippen molar-refractivity contribution in [2.75, 3.05) is 11.9 Å². The van der Waals surface area contributed by atoms with E-state index in [1.807, 2.05) is 6.07 Å². The minimum atomic E-state index is -3.46. The molecule has 0 bridgehead atoms. The van der Waals surface area contributed by atoms with E-state index >= 15 is 0 Å². The normalized spacial score (nSPS) is 17.2. The Morgan fingerprint density at radius 2 is 2.22 bits per heavy atom. The predicted octanol–water partition coefficient (Wildman–Crippen LogP) is 2.82. The van der Waals surface area contributed by atoms with Crippen LogP contribution in [0.15, 0.2) is 27.6 Å². The van der Waals surface area contributed by atoms with Crippen LogP contribution in [0.5, 0.6) is 5.88 Å². The number of anilines is 1. The zero-order valence-corrected chi connectivity index (χ0v) is 16.2. The molecule has 0 unspecified atom stereocenters. The van der Waals surface area contributed by atoms with Crippen LogP contribution in [0.25, 0.3) is 0 Å². The number of urea groups is 1. The molecule has 1 aromatic heterocycles. The number of nitrogens with two attached hydrogens (primary N) is 1. The van der Waals surface area contributed by atoms with Gasteiger partial charge < -0.3 is 10.1 Å². The fourth-order valence-corrected chi connectivity index (χ4v) is 4.49. The summed E-state index contributed by atoms with van der Waals surface area (Å²) in [6, 6.07) is 3.41. The molecule has 1 aliphatic heterocycles. The molecule has 2 heterocycles. The molecule has 1 atom stereocenters. The number of carbonyl (C=O) groups excluding carboxylic acids is 1.